The number of benzene rings is 2. The van der Waals surface area contributed by atoms with Crippen LogP contribution in [0.4, 0.5) is 13.2 Å². The lowest BCUT2D eigenvalue weighted by Gasteiger charge is -2.14. The number of methoxy groups -OCH3 is 1. The third-order valence-corrected chi connectivity index (χ3v) is 4.43. The van der Waals surface area contributed by atoms with Gasteiger partial charge in [-0.15, -0.1) is 0 Å². The maximum absolute atomic E-state index is 12.7. The molecule has 1 amide bonds. The summed E-state index contributed by atoms with van der Waals surface area (Å²) in [7, 11) is 1.52. The lowest BCUT2D eigenvalue weighted by molar-refractivity contribution is -0.137. The zero-order valence-corrected chi connectivity index (χ0v) is 17.6. The van der Waals surface area contributed by atoms with Crippen LogP contribution in [0.1, 0.15) is 21.9 Å². The third-order valence-electron chi connectivity index (χ3n) is 4.43. The summed E-state index contributed by atoms with van der Waals surface area (Å²) < 4.78 is 59.7. The number of ether oxygens (including phenoxy) is 3. The number of rotatable bonds is 10. The highest BCUT2D eigenvalue weighted by molar-refractivity contribution is 5.91. The second kappa shape index (κ2) is 10.8. The summed E-state index contributed by atoms with van der Waals surface area (Å²) in [6.07, 6.45) is -5.64. The Morgan fingerprint density at radius 3 is 2.55 bits per heavy atom. The Bertz CT molecular complexity index is 1070. The standard InChI is InChI=1S/C23H22F3NO6/c1-30-19-7-2-3-8-20(19)32-14-18-9-10-21(33-18)22(29)27-12-16(28)13-31-17-6-4-5-15(11-17)23(24,25)26/h2-11,16,28H,12-14H2,1H3,(H,27,29). The number of amides is 1. The van der Waals surface area contributed by atoms with Gasteiger partial charge in [0.1, 0.15) is 30.8 Å². The molecule has 10 heteroatoms. The summed E-state index contributed by atoms with van der Waals surface area (Å²) in [5, 5.41) is 12.4. The lowest BCUT2D eigenvalue weighted by Crippen LogP contribution is -2.35. The molecule has 176 valence electrons. The van der Waals surface area contributed by atoms with Crippen LogP contribution in [-0.4, -0.2) is 37.4 Å². The van der Waals surface area contributed by atoms with Gasteiger partial charge in [-0.05, 0) is 42.5 Å². The van der Waals surface area contributed by atoms with Crippen molar-refractivity contribution in [3.05, 3.63) is 77.7 Å². The highest BCUT2D eigenvalue weighted by Gasteiger charge is 2.30. The number of furan rings is 1. The van der Waals surface area contributed by atoms with E-state index in [1.807, 2.05) is 0 Å². The quantitative estimate of drug-likeness (QED) is 0.470. The predicted octanol–water partition coefficient (Wildman–Crippen LogP) is 4.06. The lowest BCUT2D eigenvalue weighted by atomic mass is 10.2. The van der Waals surface area contributed by atoms with Crippen molar-refractivity contribution < 1.29 is 41.7 Å². The Hall–Kier alpha value is -3.66. The average molecular weight is 465 g/mol. The molecule has 0 aliphatic carbocycles. The maximum Gasteiger partial charge on any atom is 0.416 e. The van der Waals surface area contributed by atoms with E-state index in [1.165, 1.54) is 25.3 Å². The van der Waals surface area contributed by atoms with Crippen molar-refractivity contribution in [2.75, 3.05) is 20.3 Å². The number of carbonyl (C=O) groups is 1. The molecule has 0 bridgehead atoms. The maximum atomic E-state index is 12.7. The van der Waals surface area contributed by atoms with Gasteiger partial charge in [0.05, 0.1) is 12.7 Å². The summed E-state index contributed by atoms with van der Waals surface area (Å²) in [6.45, 7) is -0.426. The van der Waals surface area contributed by atoms with E-state index in [0.717, 1.165) is 12.1 Å². The highest BCUT2D eigenvalue weighted by atomic mass is 19.4. The zero-order valence-electron chi connectivity index (χ0n) is 17.6. The molecule has 0 saturated carbocycles. The number of carbonyl (C=O) groups excluding carboxylic acids is 1. The van der Waals surface area contributed by atoms with Crippen LogP contribution in [0.3, 0.4) is 0 Å². The molecule has 7 nitrogen and oxygen atoms in total. The second-order valence-electron chi connectivity index (χ2n) is 6.91. The first-order valence-electron chi connectivity index (χ1n) is 9.87. The molecule has 0 radical (unpaired) electrons. The van der Waals surface area contributed by atoms with Gasteiger partial charge in [0, 0.05) is 6.54 Å². The topological polar surface area (TPSA) is 90.2 Å². The molecule has 2 N–H and O–H groups in total. The molecule has 1 unspecified atom stereocenters. The summed E-state index contributed by atoms with van der Waals surface area (Å²) >= 11 is 0. The molecule has 2 aromatic carbocycles. The molecule has 0 aliphatic rings. The summed E-state index contributed by atoms with van der Waals surface area (Å²) in [5.74, 6) is 0.881. The van der Waals surface area contributed by atoms with Gasteiger partial charge in [-0.25, -0.2) is 0 Å². The molecule has 1 heterocycles. The van der Waals surface area contributed by atoms with Gasteiger partial charge in [-0.3, -0.25) is 4.79 Å². The molecule has 3 aromatic rings. The largest absolute Gasteiger partial charge is 0.493 e. The molecule has 0 fully saturated rings. The molecule has 0 spiro atoms. The van der Waals surface area contributed by atoms with Crippen LogP contribution in [0.15, 0.2) is 65.1 Å². The summed E-state index contributed by atoms with van der Waals surface area (Å²) in [5.41, 5.74) is -0.855. The average Bonchev–Trinajstić information content (AvgIpc) is 3.29. The van der Waals surface area contributed by atoms with Crippen LogP contribution in [0.5, 0.6) is 17.2 Å². The van der Waals surface area contributed by atoms with Crippen LogP contribution in [0, 0.1) is 0 Å². The van der Waals surface area contributed by atoms with Gasteiger partial charge in [0.25, 0.3) is 5.91 Å². The highest BCUT2D eigenvalue weighted by Crippen LogP contribution is 2.31. The fraction of sp³-hybridized carbons (Fsp3) is 0.261. The number of aliphatic hydroxyl groups excluding tert-OH is 1. The van der Waals surface area contributed by atoms with Crippen LogP contribution >= 0.6 is 0 Å². The van der Waals surface area contributed by atoms with E-state index in [4.69, 9.17) is 18.6 Å². The third kappa shape index (κ3) is 6.91. The van der Waals surface area contributed by atoms with Crippen LogP contribution < -0.4 is 19.5 Å². The number of alkyl halides is 3. The normalized spacial score (nSPS) is 12.2. The first-order chi connectivity index (χ1) is 15.8. The van der Waals surface area contributed by atoms with E-state index in [0.29, 0.717) is 17.3 Å². The van der Waals surface area contributed by atoms with E-state index >= 15 is 0 Å². The first-order valence-corrected chi connectivity index (χ1v) is 9.87. The number of hydrogen-bond donors (Lipinski definition) is 2. The van der Waals surface area contributed by atoms with E-state index in [9.17, 15) is 23.1 Å². The van der Waals surface area contributed by atoms with Gasteiger partial charge in [-0.1, -0.05) is 18.2 Å². The molecule has 0 saturated heterocycles. The fourth-order valence-electron chi connectivity index (χ4n) is 2.78. The summed E-state index contributed by atoms with van der Waals surface area (Å²) in [6, 6.07) is 14.4. The van der Waals surface area contributed by atoms with Gasteiger partial charge < -0.3 is 29.1 Å². The molecule has 3 rings (SSSR count). The van der Waals surface area contributed by atoms with Crippen molar-refractivity contribution in [1.29, 1.82) is 0 Å². The van der Waals surface area contributed by atoms with Gasteiger partial charge in [0.15, 0.2) is 17.3 Å². The smallest absolute Gasteiger partial charge is 0.416 e. The number of aliphatic hydroxyl groups is 1. The van der Waals surface area contributed by atoms with Crippen molar-refractivity contribution >= 4 is 5.91 Å². The Balaban J connectivity index is 1.45. The Labute approximate surface area is 187 Å². The van der Waals surface area contributed by atoms with Crippen molar-refractivity contribution in [3.8, 4) is 17.2 Å². The van der Waals surface area contributed by atoms with Gasteiger partial charge in [0.2, 0.25) is 0 Å². The zero-order chi connectivity index (χ0) is 23.8. The first kappa shape index (κ1) is 24.0. The van der Waals surface area contributed by atoms with E-state index in [2.05, 4.69) is 5.32 Å². The van der Waals surface area contributed by atoms with Crippen LogP contribution in [0.25, 0.3) is 0 Å². The monoisotopic (exact) mass is 465 g/mol. The minimum absolute atomic E-state index is 0.0135. The van der Waals surface area contributed by atoms with Gasteiger partial charge >= 0.3 is 6.18 Å². The Kier molecular flexibility index (Phi) is 7.83. The fourth-order valence-corrected chi connectivity index (χ4v) is 2.78. The molecular weight excluding hydrogens is 443 g/mol. The number of halogens is 3. The Morgan fingerprint density at radius 1 is 1.06 bits per heavy atom. The van der Waals surface area contributed by atoms with E-state index in [-0.39, 0.29) is 31.3 Å². The van der Waals surface area contributed by atoms with Crippen LogP contribution in [-0.2, 0) is 12.8 Å². The van der Waals surface area contributed by atoms with Crippen molar-refractivity contribution in [3.63, 3.8) is 0 Å². The number of nitrogens with one attached hydrogen (secondary N) is 1. The number of hydrogen-bond acceptors (Lipinski definition) is 6. The van der Waals surface area contributed by atoms with E-state index < -0.39 is 23.8 Å². The molecular formula is C23H22F3NO6. The van der Waals surface area contributed by atoms with Crippen molar-refractivity contribution in [1.82, 2.24) is 5.32 Å². The minimum Gasteiger partial charge on any atom is -0.493 e. The van der Waals surface area contributed by atoms with E-state index in [1.54, 1.807) is 30.3 Å². The van der Waals surface area contributed by atoms with Crippen molar-refractivity contribution in [2.24, 2.45) is 0 Å². The second-order valence-corrected chi connectivity index (χ2v) is 6.91. The minimum atomic E-state index is -4.49. The molecule has 33 heavy (non-hydrogen) atoms. The molecule has 1 atom stereocenters. The van der Waals surface area contributed by atoms with Gasteiger partial charge in [-0.2, -0.15) is 13.2 Å². The molecule has 0 aliphatic heterocycles. The SMILES string of the molecule is COc1ccccc1OCc1ccc(C(=O)NCC(O)COc2cccc(C(F)(F)F)c2)o1. The van der Waals surface area contributed by atoms with Crippen LogP contribution in [0.2, 0.25) is 0 Å². The summed E-state index contributed by atoms with van der Waals surface area (Å²) in [4.78, 5) is 12.2. The molecule has 1 aromatic heterocycles. The number of para-hydroxylation sites is 2. The van der Waals surface area contributed by atoms with Crippen molar-refractivity contribution in [2.45, 2.75) is 18.9 Å². The predicted molar refractivity (Wildman–Crippen MR) is 111 cm³/mol. The Morgan fingerprint density at radius 2 is 1.82 bits per heavy atom.